The fraction of sp³-hybridized carbons (Fsp3) is 0.286. The van der Waals surface area contributed by atoms with Crippen molar-refractivity contribution >= 4 is 23.4 Å². The van der Waals surface area contributed by atoms with E-state index in [2.05, 4.69) is 15.1 Å². The fourth-order valence-corrected chi connectivity index (χ4v) is 1.46. The maximum Gasteiger partial charge on any atom is 0.225 e. The topological polar surface area (TPSA) is 69.1 Å². The monoisotopic (exact) mass is 195 g/mol. The molecule has 0 saturated heterocycles. The van der Waals surface area contributed by atoms with Gasteiger partial charge in [0.1, 0.15) is 0 Å². The van der Waals surface area contributed by atoms with Crippen molar-refractivity contribution in [3.05, 3.63) is 11.8 Å². The van der Waals surface area contributed by atoms with Gasteiger partial charge in [-0.05, 0) is 13.2 Å². The third-order valence-electron chi connectivity index (χ3n) is 1.63. The van der Waals surface area contributed by atoms with Crippen molar-refractivity contribution in [3.63, 3.8) is 0 Å². The summed E-state index contributed by atoms with van der Waals surface area (Å²) in [7, 11) is 0. The van der Waals surface area contributed by atoms with Gasteiger partial charge >= 0.3 is 0 Å². The molecule has 2 aromatic rings. The van der Waals surface area contributed by atoms with E-state index in [1.165, 1.54) is 16.3 Å². The average Bonchev–Trinajstić information content (AvgIpc) is 2.46. The van der Waals surface area contributed by atoms with Crippen LogP contribution in [0.4, 0.5) is 5.95 Å². The van der Waals surface area contributed by atoms with Gasteiger partial charge in [-0.3, -0.25) is 0 Å². The molecule has 0 atom stereocenters. The highest BCUT2D eigenvalue weighted by molar-refractivity contribution is 7.98. The molecule has 13 heavy (non-hydrogen) atoms. The van der Waals surface area contributed by atoms with Crippen molar-refractivity contribution in [2.45, 2.75) is 12.1 Å². The predicted molar refractivity (Wildman–Crippen MR) is 51.7 cm³/mol. The predicted octanol–water partition coefficient (Wildman–Crippen LogP) is 0.737. The highest BCUT2D eigenvalue weighted by atomic mass is 32.2. The van der Waals surface area contributed by atoms with Crippen LogP contribution in [-0.2, 0) is 0 Å². The lowest BCUT2D eigenvalue weighted by atomic mass is 10.5. The number of nitrogens with zero attached hydrogens (tertiary/aromatic N) is 4. The Kier molecular flexibility index (Phi) is 1.84. The van der Waals surface area contributed by atoms with E-state index >= 15 is 0 Å². The van der Waals surface area contributed by atoms with Crippen molar-refractivity contribution in [1.82, 2.24) is 19.6 Å². The Morgan fingerprint density at radius 2 is 2.23 bits per heavy atom. The Bertz CT molecular complexity index is 449. The number of hydrogen-bond acceptors (Lipinski definition) is 5. The lowest BCUT2D eigenvalue weighted by Crippen LogP contribution is -2.04. The van der Waals surface area contributed by atoms with Crippen LogP contribution in [0.2, 0.25) is 0 Å². The van der Waals surface area contributed by atoms with Gasteiger partial charge in [0.2, 0.25) is 5.95 Å². The van der Waals surface area contributed by atoms with E-state index in [0.29, 0.717) is 11.1 Å². The zero-order chi connectivity index (χ0) is 9.42. The second-order valence-electron chi connectivity index (χ2n) is 2.62. The number of anilines is 1. The lowest BCUT2D eigenvalue weighted by molar-refractivity contribution is 0.843. The molecule has 0 aliphatic carbocycles. The first kappa shape index (κ1) is 8.31. The molecule has 68 valence electrons. The van der Waals surface area contributed by atoms with Crippen LogP contribution in [0.1, 0.15) is 5.69 Å². The first-order chi connectivity index (χ1) is 6.20. The van der Waals surface area contributed by atoms with E-state index in [0.717, 1.165) is 11.3 Å². The average molecular weight is 195 g/mol. The first-order valence-corrected chi connectivity index (χ1v) is 4.97. The molecule has 2 heterocycles. The molecule has 0 spiro atoms. The van der Waals surface area contributed by atoms with Gasteiger partial charge in [-0.25, -0.2) is 4.98 Å². The molecule has 0 saturated carbocycles. The summed E-state index contributed by atoms with van der Waals surface area (Å²) in [6.07, 6.45) is 1.91. The van der Waals surface area contributed by atoms with Gasteiger partial charge in [-0.1, -0.05) is 11.8 Å². The molecule has 2 rings (SSSR count). The third-order valence-corrected chi connectivity index (χ3v) is 2.18. The van der Waals surface area contributed by atoms with Crippen LogP contribution in [0.3, 0.4) is 0 Å². The van der Waals surface area contributed by atoms with E-state index in [-0.39, 0.29) is 0 Å². The normalized spacial score (nSPS) is 10.9. The van der Waals surface area contributed by atoms with Gasteiger partial charge in [-0.15, -0.1) is 0 Å². The lowest BCUT2D eigenvalue weighted by Gasteiger charge is -1.98. The maximum absolute atomic E-state index is 5.68. The molecule has 0 fully saturated rings. The number of nitrogens with two attached hydrogens (primary N) is 1. The van der Waals surface area contributed by atoms with Crippen LogP contribution < -0.4 is 5.73 Å². The standard InChI is InChI=1S/C7H9N5S/c1-4-3-5-9-7(13-2)10-6(8)12(5)11-4/h3H,1-2H3,(H2,8,9,10). The van der Waals surface area contributed by atoms with Crippen LogP contribution in [0.5, 0.6) is 0 Å². The van der Waals surface area contributed by atoms with E-state index in [1.54, 1.807) is 0 Å². The summed E-state index contributed by atoms with van der Waals surface area (Å²) in [6.45, 7) is 1.90. The van der Waals surface area contributed by atoms with Gasteiger partial charge in [0.15, 0.2) is 10.8 Å². The molecule has 0 radical (unpaired) electrons. The summed E-state index contributed by atoms with van der Waals surface area (Å²) < 4.78 is 1.54. The molecule has 0 bridgehead atoms. The largest absolute Gasteiger partial charge is 0.368 e. The summed E-state index contributed by atoms with van der Waals surface area (Å²) >= 11 is 1.46. The number of aryl methyl sites for hydroxylation is 1. The molecule has 0 aliphatic rings. The Labute approximate surface area is 79.4 Å². The van der Waals surface area contributed by atoms with Crippen molar-refractivity contribution in [2.24, 2.45) is 0 Å². The number of rotatable bonds is 1. The second-order valence-corrected chi connectivity index (χ2v) is 3.40. The smallest absolute Gasteiger partial charge is 0.225 e. The zero-order valence-electron chi connectivity index (χ0n) is 7.35. The Hall–Kier alpha value is -1.30. The van der Waals surface area contributed by atoms with E-state index in [1.807, 2.05) is 19.2 Å². The zero-order valence-corrected chi connectivity index (χ0v) is 8.17. The molecular weight excluding hydrogens is 186 g/mol. The van der Waals surface area contributed by atoms with Crippen LogP contribution >= 0.6 is 11.8 Å². The van der Waals surface area contributed by atoms with Crippen LogP contribution in [0.25, 0.3) is 5.65 Å². The van der Waals surface area contributed by atoms with E-state index < -0.39 is 0 Å². The van der Waals surface area contributed by atoms with Crippen LogP contribution in [-0.4, -0.2) is 25.8 Å². The number of nitrogen functional groups attached to an aromatic ring is 1. The summed E-state index contributed by atoms with van der Waals surface area (Å²) in [5, 5.41) is 4.82. The van der Waals surface area contributed by atoms with Gasteiger partial charge in [0, 0.05) is 6.07 Å². The summed E-state index contributed by atoms with van der Waals surface area (Å²) in [5.41, 5.74) is 7.31. The molecule has 5 nitrogen and oxygen atoms in total. The quantitative estimate of drug-likeness (QED) is 0.679. The van der Waals surface area contributed by atoms with Crippen molar-refractivity contribution in [1.29, 1.82) is 0 Å². The molecule has 2 aromatic heterocycles. The molecule has 0 unspecified atom stereocenters. The van der Waals surface area contributed by atoms with E-state index in [9.17, 15) is 0 Å². The van der Waals surface area contributed by atoms with Crippen molar-refractivity contribution < 1.29 is 0 Å². The van der Waals surface area contributed by atoms with Crippen LogP contribution in [0.15, 0.2) is 11.2 Å². The Balaban J connectivity index is 2.75. The third kappa shape index (κ3) is 1.33. The summed E-state index contributed by atoms with van der Waals surface area (Å²) in [5.74, 6) is 0.377. The number of thioether (sulfide) groups is 1. The molecule has 0 aliphatic heterocycles. The van der Waals surface area contributed by atoms with E-state index in [4.69, 9.17) is 5.73 Å². The minimum atomic E-state index is 0.377. The number of aromatic nitrogens is 4. The maximum atomic E-state index is 5.68. The molecule has 0 amide bonds. The minimum Gasteiger partial charge on any atom is -0.368 e. The Morgan fingerprint density at radius 3 is 2.92 bits per heavy atom. The van der Waals surface area contributed by atoms with Gasteiger partial charge in [0.25, 0.3) is 0 Å². The molecule has 0 aromatic carbocycles. The van der Waals surface area contributed by atoms with Gasteiger partial charge in [-0.2, -0.15) is 14.6 Å². The SMILES string of the molecule is CSc1nc(N)n2nc(C)cc2n1. The van der Waals surface area contributed by atoms with Crippen LogP contribution in [0, 0.1) is 6.92 Å². The fourth-order valence-electron chi connectivity index (χ4n) is 1.09. The minimum absolute atomic E-state index is 0.377. The molecule has 6 heteroatoms. The molecular formula is C7H9N5S. The van der Waals surface area contributed by atoms with Gasteiger partial charge in [0.05, 0.1) is 5.69 Å². The highest BCUT2D eigenvalue weighted by Gasteiger charge is 2.05. The molecule has 2 N–H and O–H groups in total. The number of fused-ring (bicyclic) bond motifs is 1. The van der Waals surface area contributed by atoms with Crippen molar-refractivity contribution in [2.75, 3.05) is 12.0 Å². The highest BCUT2D eigenvalue weighted by Crippen LogP contribution is 2.13. The summed E-state index contributed by atoms with van der Waals surface area (Å²) in [4.78, 5) is 8.31. The number of hydrogen-bond donors (Lipinski definition) is 1. The Morgan fingerprint density at radius 1 is 1.46 bits per heavy atom. The summed E-state index contributed by atoms with van der Waals surface area (Å²) in [6, 6.07) is 1.87. The van der Waals surface area contributed by atoms with Crippen molar-refractivity contribution in [3.8, 4) is 0 Å². The first-order valence-electron chi connectivity index (χ1n) is 3.74. The van der Waals surface area contributed by atoms with Gasteiger partial charge < -0.3 is 5.73 Å². The second kappa shape index (κ2) is 2.88.